The minimum atomic E-state index is 0.759. The summed E-state index contributed by atoms with van der Waals surface area (Å²) in [6.45, 7) is 4.86. The van der Waals surface area contributed by atoms with Crippen molar-refractivity contribution in [2.45, 2.75) is 25.4 Å². The van der Waals surface area contributed by atoms with Crippen LogP contribution >= 0.6 is 0 Å². The number of hydrogen-bond acceptors (Lipinski definition) is 2. The normalized spacial score (nSPS) is 48.0. The average Bonchev–Trinajstić information content (AvgIpc) is 2.07. The molecule has 0 aromatic carbocycles. The number of piperidine rings is 1. The first-order valence-corrected chi connectivity index (χ1v) is 4.20. The summed E-state index contributed by atoms with van der Waals surface area (Å²) in [5, 5.41) is 3.60. The van der Waals surface area contributed by atoms with Crippen molar-refractivity contribution in [3.8, 4) is 0 Å². The zero-order valence-electron chi connectivity index (χ0n) is 6.80. The Bertz CT molecular complexity index is 130. The smallest absolute Gasteiger partial charge is 0.0201 e. The van der Waals surface area contributed by atoms with E-state index in [0.29, 0.717) is 0 Å². The van der Waals surface area contributed by atoms with Crippen molar-refractivity contribution in [2.75, 3.05) is 20.1 Å². The summed E-state index contributed by atoms with van der Waals surface area (Å²) in [4.78, 5) is 2.44. The van der Waals surface area contributed by atoms with E-state index in [-0.39, 0.29) is 0 Å². The van der Waals surface area contributed by atoms with Gasteiger partial charge in [-0.2, -0.15) is 0 Å². The molecule has 0 aliphatic carbocycles. The van der Waals surface area contributed by atoms with Crippen LogP contribution in [0.2, 0.25) is 0 Å². The standard InChI is InChI=1S/C8H16N2/c1-6-7-3-8(9-6)5-10(2)4-7/h6-9H,3-5H2,1-2H3/t6-,7+,8-/m1/s1. The van der Waals surface area contributed by atoms with Gasteiger partial charge >= 0.3 is 0 Å². The van der Waals surface area contributed by atoms with Gasteiger partial charge in [-0.3, -0.25) is 0 Å². The van der Waals surface area contributed by atoms with E-state index in [1.54, 1.807) is 0 Å². The average molecular weight is 140 g/mol. The van der Waals surface area contributed by atoms with Crippen molar-refractivity contribution < 1.29 is 0 Å². The van der Waals surface area contributed by atoms with E-state index >= 15 is 0 Å². The second-order valence-corrected chi connectivity index (χ2v) is 3.87. The zero-order valence-corrected chi connectivity index (χ0v) is 6.80. The maximum atomic E-state index is 3.60. The van der Waals surface area contributed by atoms with Gasteiger partial charge in [0, 0.05) is 25.2 Å². The van der Waals surface area contributed by atoms with Crippen LogP contribution in [0.15, 0.2) is 0 Å². The fourth-order valence-corrected chi connectivity index (χ4v) is 2.36. The van der Waals surface area contributed by atoms with Gasteiger partial charge in [0.15, 0.2) is 0 Å². The fourth-order valence-electron chi connectivity index (χ4n) is 2.36. The molecule has 2 heteroatoms. The molecular weight excluding hydrogens is 124 g/mol. The Balaban J connectivity index is 2.06. The molecular formula is C8H16N2. The predicted molar refractivity (Wildman–Crippen MR) is 42.0 cm³/mol. The third-order valence-corrected chi connectivity index (χ3v) is 2.87. The molecule has 2 fully saturated rings. The lowest BCUT2D eigenvalue weighted by Gasteiger charge is -2.27. The van der Waals surface area contributed by atoms with Crippen LogP contribution in [0.5, 0.6) is 0 Å². The highest BCUT2D eigenvalue weighted by molar-refractivity contribution is 4.94. The van der Waals surface area contributed by atoms with E-state index in [4.69, 9.17) is 0 Å². The molecule has 0 spiro atoms. The highest BCUT2D eigenvalue weighted by Gasteiger charge is 2.35. The van der Waals surface area contributed by atoms with Gasteiger partial charge in [0.2, 0.25) is 0 Å². The second-order valence-electron chi connectivity index (χ2n) is 3.87. The maximum Gasteiger partial charge on any atom is 0.0201 e. The molecule has 0 radical (unpaired) electrons. The molecule has 2 aliphatic rings. The number of likely N-dealkylation sites (tertiary alicyclic amines) is 1. The summed E-state index contributed by atoms with van der Waals surface area (Å²) in [6.07, 6.45) is 1.41. The highest BCUT2D eigenvalue weighted by atomic mass is 15.2. The Morgan fingerprint density at radius 3 is 2.90 bits per heavy atom. The number of likely N-dealkylation sites (N-methyl/N-ethyl adjacent to an activating group) is 1. The van der Waals surface area contributed by atoms with Crippen molar-refractivity contribution in [3.63, 3.8) is 0 Å². The number of rotatable bonds is 0. The van der Waals surface area contributed by atoms with Gasteiger partial charge in [0.25, 0.3) is 0 Å². The molecule has 2 nitrogen and oxygen atoms in total. The van der Waals surface area contributed by atoms with E-state index in [1.165, 1.54) is 19.5 Å². The minimum Gasteiger partial charge on any atom is -0.310 e. The van der Waals surface area contributed by atoms with Crippen molar-refractivity contribution >= 4 is 0 Å². The molecule has 0 aromatic rings. The first-order valence-electron chi connectivity index (χ1n) is 4.20. The van der Waals surface area contributed by atoms with Gasteiger partial charge < -0.3 is 10.2 Å². The molecule has 2 heterocycles. The number of nitrogens with zero attached hydrogens (tertiary/aromatic N) is 1. The summed E-state index contributed by atoms with van der Waals surface area (Å²) < 4.78 is 0. The van der Waals surface area contributed by atoms with Crippen LogP contribution in [0, 0.1) is 5.92 Å². The van der Waals surface area contributed by atoms with E-state index in [2.05, 4.69) is 24.2 Å². The summed E-state index contributed by atoms with van der Waals surface area (Å²) in [5.41, 5.74) is 0. The third-order valence-electron chi connectivity index (χ3n) is 2.87. The molecule has 2 aliphatic heterocycles. The Kier molecular flexibility index (Phi) is 1.46. The van der Waals surface area contributed by atoms with E-state index in [0.717, 1.165) is 18.0 Å². The summed E-state index contributed by atoms with van der Waals surface area (Å²) in [6, 6.07) is 1.55. The second kappa shape index (κ2) is 2.21. The van der Waals surface area contributed by atoms with Crippen molar-refractivity contribution in [3.05, 3.63) is 0 Å². The molecule has 1 N–H and O–H groups in total. The zero-order chi connectivity index (χ0) is 7.14. The lowest BCUT2D eigenvalue weighted by molar-refractivity contribution is 0.226. The molecule has 0 saturated carbocycles. The monoisotopic (exact) mass is 140 g/mol. The number of nitrogens with one attached hydrogen (secondary N) is 1. The summed E-state index contributed by atoms with van der Waals surface area (Å²) in [7, 11) is 2.22. The van der Waals surface area contributed by atoms with E-state index < -0.39 is 0 Å². The van der Waals surface area contributed by atoms with Gasteiger partial charge in [-0.25, -0.2) is 0 Å². The van der Waals surface area contributed by atoms with E-state index in [1.807, 2.05) is 0 Å². The summed E-state index contributed by atoms with van der Waals surface area (Å²) >= 11 is 0. The van der Waals surface area contributed by atoms with Crippen LogP contribution in [-0.4, -0.2) is 37.1 Å². The molecule has 58 valence electrons. The van der Waals surface area contributed by atoms with Gasteiger partial charge in [-0.1, -0.05) is 0 Å². The number of hydrogen-bond donors (Lipinski definition) is 1. The van der Waals surface area contributed by atoms with Crippen LogP contribution in [0.3, 0.4) is 0 Å². The molecule has 0 amide bonds. The predicted octanol–water partition coefficient (Wildman–Crippen LogP) is 0.298. The lowest BCUT2D eigenvalue weighted by atomic mass is 9.96. The lowest BCUT2D eigenvalue weighted by Crippen LogP contribution is -2.38. The van der Waals surface area contributed by atoms with Crippen LogP contribution in [0.25, 0.3) is 0 Å². The summed E-state index contributed by atoms with van der Waals surface area (Å²) in [5.74, 6) is 0.920. The van der Waals surface area contributed by atoms with Gasteiger partial charge in [0.1, 0.15) is 0 Å². The first-order chi connectivity index (χ1) is 4.75. The van der Waals surface area contributed by atoms with Gasteiger partial charge in [-0.05, 0) is 26.3 Å². The Morgan fingerprint density at radius 2 is 2.20 bits per heavy atom. The molecule has 10 heavy (non-hydrogen) atoms. The SMILES string of the molecule is C[C@H]1N[C@@H]2C[C@H]1CN(C)C2. The molecule has 0 aromatic heterocycles. The van der Waals surface area contributed by atoms with Crippen LogP contribution in [0.1, 0.15) is 13.3 Å². The molecule has 3 atom stereocenters. The largest absolute Gasteiger partial charge is 0.310 e. The minimum absolute atomic E-state index is 0.759. The first kappa shape index (κ1) is 6.62. The molecule has 2 bridgehead atoms. The topological polar surface area (TPSA) is 15.3 Å². The molecule has 2 saturated heterocycles. The van der Waals surface area contributed by atoms with Crippen LogP contribution < -0.4 is 5.32 Å². The number of fused-ring (bicyclic) bond motifs is 2. The van der Waals surface area contributed by atoms with Crippen molar-refractivity contribution in [2.24, 2.45) is 5.92 Å². The quantitative estimate of drug-likeness (QED) is 0.520. The van der Waals surface area contributed by atoms with Gasteiger partial charge in [-0.15, -0.1) is 0 Å². The molecule has 2 rings (SSSR count). The Labute approximate surface area is 62.6 Å². The Hall–Kier alpha value is -0.0800. The van der Waals surface area contributed by atoms with E-state index in [9.17, 15) is 0 Å². The van der Waals surface area contributed by atoms with Crippen LogP contribution in [-0.2, 0) is 0 Å². The van der Waals surface area contributed by atoms with Gasteiger partial charge in [0.05, 0.1) is 0 Å². The van der Waals surface area contributed by atoms with Crippen molar-refractivity contribution in [1.82, 2.24) is 10.2 Å². The third kappa shape index (κ3) is 0.956. The molecule has 0 unspecified atom stereocenters. The van der Waals surface area contributed by atoms with Crippen LogP contribution in [0.4, 0.5) is 0 Å². The van der Waals surface area contributed by atoms with Crippen molar-refractivity contribution in [1.29, 1.82) is 0 Å². The highest BCUT2D eigenvalue weighted by Crippen LogP contribution is 2.25. The maximum absolute atomic E-state index is 3.60. The Morgan fingerprint density at radius 1 is 1.40 bits per heavy atom. The fraction of sp³-hybridized carbons (Fsp3) is 1.00.